The van der Waals surface area contributed by atoms with E-state index in [9.17, 15) is 19.8 Å². The van der Waals surface area contributed by atoms with Gasteiger partial charge in [-0.15, -0.1) is 0 Å². The maximum absolute atomic E-state index is 12.8. The molecular formula is C19H18O6. The molecule has 2 aromatic rings. The van der Waals surface area contributed by atoms with Crippen molar-refractivity contribution in [1.29, 1.82) is 0 Å². The first kappa shape index (κ1) is 17.0. The lowest BCUT2D eigenvalue weighted by molar-refractivity contribution is 0.0807. The van der Waals surface area contributed by atoms with Gasteiger partial charge in [0.25, 0.3) is 0 Å². The second-order valence-corrected chi connectivity index (χ2v) is 5.88. The molecule has 0 saturated carbocycles. The van der Waals surface area contributed by atoms with Crippen LogP contribution in [-0.4, -0.2) is 42.1 Å². The predicted octanol–water partition coefficient (Wildman–Crippen LogP) is 2.43. The van der Waals surface area contributed by atoms with Crippen molar-refractivity contribution in [2.75, 3.05) is 20.3 Å². The maximum atomic E-state index is 12.8. The molecule has 1 saturated heterocycles. The molecule has 3 rings (SSSR count). The lowest BCUT2D eigenvalue weighted by atomic mass is 9.83. The molecule has 0 unspecified atom stereocenters. The molecular weight excluding hydrogens is 324 g/mol. The lowest BCUT2D eigenvalue weighted by Crippen LogP contribution is -2.29. The zero-order chi connectivity index (χ0) is 18.0. The minimum atomic E-state index is -0.666. The highest BCUT2D eigenvalue weighted by molar-refractivity contribution is 6.06. The van der Waals surface area contributed by atoms with Crippen LogP contribution in [0.1, 0.15) is 20.7 Å². The number of phenolic OH excluding ortho intramolecular Hbond substituents is 2. The third kappa shape index (κ3) is 3.21. The molecule has 0 bridgehead atoms. The van der Waals surface area contributed by atoms with Gasteiger partial charge in [-0.2, -0.15) is 0 Å². The van der Waals surface area contributed by atoms with E-state index in [1.54, 1.807) is 12.1 Å². The molecule has 1 aliphatic heterocycles. The minimum absolute atomic E-state index is 0.0662. The molecule has 2 aromatic carbocycles. The zero-order valence-electron chi connectivity index (χ0n) is 13.6. The number of rotatable bonds is 5. The summed E-state index contributed by atoms with van der Waals surface area (Å²) in [5.41, 5.74) is 0.513. The van der Waals surface area contributed by atoms with E-state index in [1.807, 2.05) is 0 Å². The van der Waals surface area contributed by atoms with Gasteiger partial charge in [0.2, 0.25) is 0 Å². The normalized spacial score (nSPS) is 19.6. The standard InChI is InChI=1S/C19H18O6/c1-24-17-8-11(6-7-16(17)21)18(22)13-9-25-10-14(13)19(23)12-4-2-3-5-15(12)20/h2-8,13-14,20-21H,9-10H2,1H3/t13-,14-/m0/s1. The topological polar surface area (TPSA) is 93.1 Å². The van der Waals surface area contributed by atoms with Crippen LogP contribution in [0.25, 0.3) is 0 Å². The maximum Gasteiger partial charge on any atom is 0.172 e. The average Bonchev–Trinajstić information content (AvgIpc) is 3.11. The van der Waals surface area contributed by atoms with Gasteiger partial charge in [0.05, 0.1) is 37.7 Å². The Labute approximate surface area is 144 Å². The fourth-order valence-corrected chi connectivity index (χ4v) is 3.00. The SMILES string of the molecule is COc1cc(C(=O)[C@H]2COC[C@@H]2C(=O)c2ccccc2O)ccc1O. The monoisotopic (exact) mass is 342 g/mol. The van der Waals surface area contributed by atoms with Crippen molar-refractivity contribution < 1.29 is 29.3 Å². The Morgan fingerprint density at radius 1 is 1.00 bits per heavy atom. The van der Waals surface area contributed by atoms with Crippen LogP contribution in [0.2, 0.25) is 0 Å². The smallest absolute Gasteiger partial charge is 0.172 e. The van der Waals surface area contributed by atoms with Crippen molar-refractivity contribution in [3.05, 3.63) is 53.6 Å². The van der Waals surface area contributed by atoms with Gasteiger partial charge in [-0.3, -0.25) is 9.59 Å². The molecule has 0 aromatic heterocycles. The molecule has 130 valence electrons. The number of hydrogen-bond donors (Lipinski definition) is 2. The zero-order valence-corrected chi connectivity index (χ0v) is 13.6. The second-order valence-electron chi connectivity index (χ2n) is 5.88. The fraction of sp³-hybridized carbons (Fsp3) is 0.263. The van der Waals surface area contributed by atoms with E-state index in [0.717, 1.165) is 0 Å². The van der Waals surface area contributed by atoms with E-state index in [0.29, 0.717) is 5.56 Å². The van der Waals surface area contributed by atoms with Crippen molar-refractivity contribution in [2.24, 2.45) is 11.8 Å². The minimum Gasteiger partial charge on any atom is -0.507 e. The Hall–Kier alpha value is -2.86. The molecule has 0 radical (unpaired) electrons. The highest BCUT2D eigenvalue weighted by Gasteiger charge is 2.40. The number of carbonyl (C=O) groups excluding carboxylic acids is 2. The van der Waals surface area contributed by atoms with E-state index in [4.69, 9.17) is 9.47 Å². The van der Waals surface area contributed by atoms with Crippen molar-refractivity contribution in [1.82, 2.24) is 0 Å². The first-order valence-electron chi connectivity index (χ1n) is 7.84. The summed E-state index contributed by atoms with van der Waals surface area (Å²) in [5, 5.41) is 19.5. The quantitative estimate of drug-likeness (QED) is 0.811. The molecule has 1 fully saturated rings. The van der Waals surface area contributed by atoms with Crippen LogP contribution in [0.3, 0.4) is 0 Å². The van der Waals surface area contributed by atoms with E-state index in [1.165, 1.54) is 37.4 Å². The van der Waals surface area contributed by atoms with Crippen LogP contribution in [0.4, 0.5) is 0 Å². The van der Waals surface area contributed by atoms with Crippen LogP contribution in [0.15, 0.2) is 42.5 Å². The molecule has 0 spiro atoms. The number of hydrogen-bond acceptors (Lipinski definition) is 6. The number of methoxy groups -OCH3 is 1. The number of ether oxygens (including phenoxy) is 2. The predicted molar refractivity (Wildman–Crippen MR) is 89.2 cm³/mol. The molecule has 6 nitrogen and oxygen atoms in total. The summed E-state index contributed by atoms with van der Waals surface area (Å²) in [4.78, 5) is 25.6. The number of phenols is 2. The Kier molecular flexibility index (Phi) is 4.72. The van der Waals surface area contributed by atoms with Crippen LogP contribution in [-0.2, 0) is 4.74 Å². The first-order valence-corrected chi connectivity index (χ1v) is 7.84. The third-order valence-corrected chi connectivity index (χ3v) is 4.39. The summed E-state index contributed by atoms with van der Waals surface area (Å²) in [6, 6.07) is 10.6. The van der Waals surface area contributed by atoms with Crippen molar-refractivity contribution >= 4 is 11.6 Å². The molecule has 2 N–H and O–H groups in total. The largest absolute Gasteiger partial charge is 0.507 e. The number of benzene rings is 2. The molecule has 2 atom stereocenters. The van der Waals surface area contributed by atoms with Gasteiger partial charge in [0, 0.05) is 5.56 Å². The Bertz CT molecular complexity index is 813. The highest BCUT2D eigenvalue weighted by Crippen LogP contribution is 2.33. The summed E-state index contributed by atoms with van der Waals surface area (Å²) in [5.74, 6) is -1.89. The van der Waals surface area contributed by atoms with Gasteiger partial charge < -0.3 is 19.7 Å². The summed E-state index contributed by atoms with van der Waals surface area (Å²) < 4.78 is 10.4. The number of para-hydroxylation sites is 1. The molecule has 6 heteroatoms. The Balaban J connectivity index is 1.87. The van der Waals surface area contributed by atoms with Crippen LogP contribution in [0.5, 0.6) is 17.2 Å². The molecule has 0 aliphatic carbocycles. The highest BCUT2D eigenvalue weighted by atomic mass is 16.5. The number of Topliss-reactive ketones (excluding diaryl/α,β-unsaturated/α-hetero) is 2. The van der Waals surface area contributed by atoms with E-state index >= 15 is 0 Å². The van der Waals surface area contributed by atoms with Gasteiger partial charge in [0.1, 0.15) is 5.75 Å². The fourth-order valence-electron chi connectivity index (χ4n) is 3.00. The van der Waals surface area contributed by atoms with Crippen molar-refractivity contribution in [2.45, 2.75) is 0 Å². The van der Waals surface area contributed by atoms with Crippen molar-refractivity contribution in [3.8, 4) is 17.2 Å². The summed E-state index contributed by atoms with van der Waals surface area (Å²) in [6.07, 6.45) is 0. The molecule has 1 heterocycles. The molecule has 25 heavy (non-hydrogen) atoms. The third-order valence-electron chi connectivity index (χ3n) is 4.39. The number of aromatic hydroxyl groups is 2. The van der Waals surface area contributed by atoms with E-state index in [2.05, 4.69) is 0 Å². The Morgan fingerprint density at radius 2 is 1.68 bits per heavy atom. The summed E-state index contributed by atoms with van der Waals surface area (Å²) in [6.45, 7) is 0.255. The molecule has 0 amide bonds. The van der Waals surface area contributed by atoms with E-state index < -0.39 is 11.8 Å². The van der Waals surface area contributed by atoms with Gasteiger partial charge in [-0.25, -0.2) is 0 Å². The van der Waals surface area contributed by atoms with Crippen LogP contribution in [0, 0.1) is 11.8 Å². The van der Waals surface area contributed by atoms with Gasteiger partial charge in [0.15, 0.2) is 23.1 Å². The van der Waals surface area contributed by atoms with Gasteiger partial charge >= 0.3 is 0 Å². The average molecular weight is 342 g/mol. The first-order chi connectivity index (χ1) is 12.0. The number of ketones is 2. The van der Waals surface area contributed by atoms with E-state index in [-0.39, 0.29) is 47.6 Å². The van der Waals surface area contributed by atoms with Crippen LogP contribution < -0.4 is 4.74 Å². The summed E-state index contributed by atoms with van der Waals surface area (Å²) in [7, 11) is 1.40. The second kappa shape index (κ2) is 6.94. The Morgan fingerprint density at radius 3 is 2.36 bits per heavy atom. The summed E-state index contributed by atoms with van der Waals surface area (Å²) >= 11 is 0. The van der Waals surface area contributed by atoms with Gasteiger partial charge in [-0.1, -0.05) is 12.1 Å². The number of carbonyl (C=O) groups is 2. The van der Waals surface area contributed by atoms with Gasteiger partial charge in [-0.05, 0) is 30.3 Å². The lowest BCUT2D eigenvalue weighted by Gasteiger charge is -2.16. The van der Waals surface area contributed by atoms with Crippen molar-refractivity contribution in [3.63, 3.8) is 0 Å². The molecule has 1 aliphatic rings. The van der Waals surface area contributed by atoms with Crippen LogP contribution >= 0.6 is 0 Å².